The molecule has 5 nitrogen and oxygen atoms in total. The molecule has 0 saturated heterocycles. The van der Waals surface area contributed by atoms with Crippen LogP contribution < -0.4 is 11.1 Å². The molecule has 0 radical (unpaired) electrons. The number of carbonyl (C=O) groups is 2. The molecule has 0 bridgehead atoms. The number of benzene rings is 1. The van der Waals surface area contributed by atoms with E-state index in [0.717, 1.165) is 12.5 Å². The van der Waals surface area contributed by atoms with Crippen molar-refractivity contribution in [2.45, 2.75) is 13.3 Å². The van der Waals surface area contributed by atoms with E-state index in [2.05, 4.69) is 5.32 Å². The molecule has 0 fully saturated rings. The van der Waals surface area contributed by atoms with Crippen LogP contribution in [0, 0.1) is 5.82 Å². The van der Waals surface area contributed by atoms with E-state index in [1.165, 1.54) is 24.1 Å². The van der Waals surface area contributed by atoms with Crippen molar-refractivity contribution < 1.29 is 14.0 Å². The number of rotatable bonds is 5. The van der Waals surface area contributed by atoms with Gasteiger partial charge in [0.1, 0.15) is 5.82 Å². The number of amides is 2. The van der Waals surface area contributed by atoms with Gasteiger partial charge in [0.05, 0.1) is 12.2 Å². The van der Waals surface area contributed by atoms with Gasteiger partial charge in [0.2, 0.25) is 5.91 Å². The molecule has 104 valence electrons. The lowest BCUT2D eigenvalue weighted by Gasteiger charge is -2.17. The number of anilines is 1. The molecule has 0 heterocycles. The molecule has 2 amide bonds. The largest absolute Gasteiger partial charge is 0.396 e. The molecule has 1 rings (SSSR count). The Hall–Kier alpha value is -2.11. The number of nitrogens with one attached hydrogen (secondary N) is 1. The van der Waals surface area contributed by atoms with Crippen LogP contribution in [0.25, 0.3) is 0 Å². The minimum Gasteiger partial charge on any atom is -0.396 e. The minimum absolute atomic E-state index is 0.0455. The molecule has 1 aromatic rings. The summed E-state index contributed by atoms with van der Waals surface area (Å²) in [5, 5.41) is 2.67. The molecule has 3 N–H and O–H groups in total. The second kappa shape index (κ2) is 6.72. The Kier molecular flexibility index (Phi) is 5.29. The third-order valence-electron chi connectivity index (χ3n) is 2.54. The fraction of sp³-hybridized carbons (Fsp3) is 0.385. The van der Waals surface area contributed by atoms with Crippen LogP contribution in [0.4, 0.5) is 10.1 Å². The zero-order chi connectivity index (χ0) is 14.4. The molecule has 6 heteroatoms. The quantitative estimate of drug-likeness (QED) is 0.782. The van der Waals surface area contributed by atoms with Crippen molar-refractivity contribution in [3.63, 3.8) is 0 Å². The summed E-state index contributed by atoms with van der Waals surface area (Å²) in [6.45, 7) is 2.47. The van der Waals surface area contributed by atoms with Gasteiger partial charge in [-0.1, -0.05) is 6.92 Å². The van der Waals surface area contributed by atoms with Gasteiger partial charge in [-0.3, -0.25) is 9.59 Å². The number of carbonyl (C=O) groups excluding carboxylic acids is 2. The number of nitrogens with zero attached hydrogens (tertiary/aromatic N) is 1. The van der Waals surface area contributed by atoms with Crippen LogP contribution in [0.2, 0.25) is 0 Å². The fourth-order valence-electron chi connectivity index (χ4n) is 1.50. The Morgan fingerprint density at radius 1 is 1.42 bits per heavy atom. The third kappa shape index (κ3) is 4.24. The summed E-state index contributed by atoms with van der Waals surface area (Å²) >= 11 is 0. The Balaban J connectivity index is 2.66. The van der Waals surface area contributed by atoms with E-state index < -0.39 is 5.82 Å². The molecule has 0 saturated carbocycles. The molecule has 0 aliphatic rings. The highest BCUT2D eigenvalue weighted by Crippen LogP contribution is 2.13. The molecular formula is C13H18FN3O2. The number of likely N-dealkylation sites (N-methyl/N-ethyl adjacent to an activating group) is 1. The van der Waals surface area contributed by atoms with Gasteiger partial charge >= 0.3 is 0 Å². The normalized spacial score (nSPS) is 10.1. The van der Waals surface area contributed by atoms with Crippen LogP contribution in [-0.2, 0) is 4.79 Å². The molecule has 0 aromatic heterocycles. The van der Waals surface area contributed by atoms with Crippen molar-refractivity contribution in [1.29, 1.82) is 0 Å². The van der Waals surface area contributed by atoms with E-state index in [4.69, 9.17) is 5.73 Å². The van der Waals surface area contributed by atoms with Crippen LogP contribution in [0.15, 0.2) is 18.2 Å². The highest BCUT2D eigenvalue weighted by molar-refractivity contribution is 5.97. The Labute approximate surface area is 111 Å². The van der Waals surface area contributed by atoms with Crippen molar-refractivity contribution in [2.24, 2.45) is 0 Å². The molecular weight excluding hydrogens is 249 g/mol. The maximum absolute atomic E-state index is 13.0. The first-order valence-corrected chi connectivity index (χ1v) is 6.03. The Bertz CT molecular complexity index is 477. The number of nitrogens with two attached hydrogens (primary N) is 1. The monoisotopic (exact) mass is 267 g/mol. The first-order chi connectivity index (χ1) is 8.95. The molecule has 0 aliphatic carbocycles. The number of hydrogen-bond acceptors (Lipinski definition) is 3. The van der Waals surface area contributed by atoms with E-state index >= 15 is 0 Å². The lowest BCUT2D eigenvalue weighted by molar-refractivity contribution is -0.121. The van der Waals surface area contributed by atoms with E-state index in [0.29, 0.717) is 6.54 Å². The summed E-state index contributed by atoms with van der Waals surface area (Å²) in [5.74, 6) is -1.17. The SMILES string of the molecule is CCCNC(=O)CN(C)C(=O)c1ccc(F)c(N)c1. The van der Waals surface area contributed by atoms with Gasteiger partial charge in [-0.05, 0) is 24.6 Å². The first-order valence-electron chi connectivity index (χ1n) is 6.03. The maximum Gasteiger partial charge on any atom is 0.254 e. The van der Waals surface area contributed by atoms with Crippen LogP contribution >= 0.6 is 0 Å². The third-order valence-corrected chi connectivity index (χ3v) is 2.54. The van der Waals surface area contributed by atoms with Gasteiger partial charge in [0, 0.05) is 19.2 Å². The Morgan fingerprint density at radius 2 is 2.11 bits per heavy atom. The number of nitrogen functional groups attached to an aromatic ring is 1. The lowest BCUT2D eigenvalue weighted by Crippen LogP contribution is -2.38. The summed E-state index contributed by atoms with van der Waals surface area (Å²) in [4.78, 5) is 24.7. The zero-order valence-electron chi connectivity index (χ0n) is 11.1. The van der Waals surface area contributed by atoms with Crippen molar-refractivity contribution in [1.82, 2.24) is 10.2 Å². The van der Waals surface area contributed by atoms with Crippen LogP contribution in [0.1, 0.15) is 23.7 Å². The van der Waals surface area contributed by atoms with Gasteiger partial charge in [-0.2, -0.15) is 0 Å². The van der Waals surface area contributed by atoms with Crippen molar-refractivity contribution in [3.8, 4) is 0 Å². The van der Waals surface area contributed by atoms with E-state index in [-0.39, 0.29) is 29.6 Å². The molecule has 0 atom stereocenters. The highest BCUT2D eigenvalue weighted by Gasteiger charge is 2.15. The van der Waals surface area contributed by atoms with Crippen LogP contribution in [-0.4, -0.2) is 36.9 Å². The summed E-state index contributed by atoms with van der Waals surface area (Å²) in [6.07, 6.45) is 0.831. The van der Waals surface area contributed by atoms with Gasteiger partial charge in [0.25, 0.3) is 5.91 Å². The Morgan fingerprint density at radius 3 is 2.68 bits per heavy atom. The minimum atomic E-state index is -0.570. The first kappa shape index (κ1) is 14.9. The summed E-state index contributed by atoms with van der Waals surface area (Å²) in [6, 6.07) is 3.74. The predicted molar refractivity (Wildman–Crippen MR) is 71.1 cm³/mol. The average molecular weight is 267 g/mol. The predicted octanol–water partition coefficient (Wildman–Crippen LogP) is 1.01. The summed E-state index contributed by atoms with van der Waals surface area (Å²) < 4.78 is 13.0. The van der Waals surface area contributed by atoms with Crippen LogP contribution in [0.3, 0.4) is 0 Å². The van der Waals surface area contributed by atoms with Crippen molar-refractivity contribution >= 4 is 17.5 Å². The van der Waals surface area contributed by atoms with E-state index in [1.807, 2.05) is 6.92 Å². The number of halogens is 1. The second-order valence-corrected chi connectivity index (χ2v) is 4.25. The summed E-state index contributed by atoms with van der Waals surface area (Å²) in [7, 11) is 1.51. The van der Waals surface area contributed by atoms with Gasteiger partial charge in [-0.15, -0.1) is 0 Å². The second-order valence-electron chi connectivity index (χ2n) is 4.25. The summed E-state index contributed by atoms with van der Waals surface area (Å²) in [5.41, 5.74) is 5.57. The van der Waals surface area contributed by atoms with E-state index in [9.17, 15) is 14.0 Å². The smallest absolute Gasteiger partial charge is 0.254 e. The molecule has 19 heavy (non-hydrogen) atoms. The lowest BCUT2D eigenvalue weighted by atomic mass is 10.1. The van der Waals surface area contributed by atoms with Crippen molar-refractivity contribution in [3.05, 3.63) is 29.6 Å². The molecule has 0 spiro atoms. The topological polar surface area (TPSA) is 75.4 Å². The highest BCUT2D eigenvalue weighted by atomic mass is 19.1. The average Bonchev–Trinajstić information content (AvgIpc) is 2.38. The molecule has 0 aliphatic heterocycles. The van der Waals surface area contributed by atoms with Gasteiger partial charge < -0.3 is 16.0 Å². The van der Waals surface area contributed by atoms with Crippen molar-refractivity contribution in [2.75, 3.05) is 25.9 Å². The van der Waals surface area contributed by atoms with Gasteiger partial charge in [0.15, 0.2) is 0 Å². The van der Waals surface area contributed by atoms with Gasteiger partial charge in [-0.25, -0.2) is 4.39 Å². The fourth-order valence-corrected chi connectivity index (χ4v) is 1.50. The molecule has 0 unspecified atom stereocenters. The van der Waals surface area contributed by atoms with E-state index in [1.54, 1.807) is 0 Å². The standard InChI is InChI=1S/C13H18FN3O2/c1-3-6-16-12(18)8-17(2)13(19)9-4-5-10(14)11(15)7-9/h4-5,7H,3,6,8,15H2,1-2H3,(H,16,18). The number of hydrogen-bond donors (Lipinski definition) is 2. The maximum atomic E-state index is 13.0. The zero-order valence-corrected chi connectivity index (χ0v) is 11.1. The molecule has 1 aromatic carbocycles. The van der Waals surface area contributed by atoms with Crippen LogP contribution in [0.5, 0.6) is 0 Å².